The van der Waals surface area contributed by atoms with Crippen molar-refractivity contribution in [3.05, 3.63) is 82.0 Å². The number of hydrogen-bond acceptors (Lipinski definition) is 5. The second kappa shape index (κ2) is 9.36. The van der Waals surface area contributed by atoms with Crippen LogP contribution in [0.2, 0.25) is 0 Å². The van der Waals surface area contributed by atoms with Gasteiger partial charge in [0, 0.05) is 16.2 Å². The predicted octanol–water partition coefficient (Wildman–Crippen LogP) is 4.21. The van der Waals surface area contributed by atoms with Crippen LogP contribution in [0.15, 0.2) is 54.6 Å². The summed E-state index contributed by atoms with van der Waals surface area (Å²) in [6.07, 6.45) is -4.66. The number of thiophene rings is 1. The zero-order valence-electron chi connectivity index (χ0n) is 16.9. The molecule has 0 radical (unpaired) electrons. The molecule has 0 unspecified atom stereocenters. The Kier molecular flexibility index (Phi) is 6.77. The molecule has 1 fully saturated rings. The fraction of sp³-hybridized carbons (Fsp3) is 0.333. The molecular formula is C24H24ClFO4S. The Hall–Kier alpha value is -1.80. The van der Waals surface area contributed by atoms with Gasteiger partial charge >= 0.3 is 0 Å². The second-order valence-electron chi connectivity index (χ2n) is 7.86. The van der Waals surface area contributed by atoms with Crippen LogP contribution in [0.5, 0.6) is 0 Å². The van der Waals surface area contributed by atoms with Crippen LogP contribution < -0.4 is 0 Å². The number of alkyl halides is 1. The number of halogens is 2. The molecule has 0 spiro atoms. The van der Waals surface area contributed by atoms with Gasteiger partial charge in [0.2, 0.25) is 0 Å². The minimum absolute atomic E-state index is 0.0154. The molecule has 31 heavy (non-hydrogen) atoms. The first-order valence-corrected chi connectivity index (χ1v) is 11.4. The van der Waals surface area contributed by atoms with Gasteiger partial charge in [0.05, 0.1) is 5.88 Å². The molecule has 3 N–H and O–H groups in total. The lowest BCUT2D eigenvalue weighted by molar-refractivity contribution is -0.218. The molecule has 1 saturated heterocycles. The minimum Gasteiger partial charge on any atom is -0.388 e. The highest BCUT2D eigenvalue weighted by molar-refractivity contribution is 7.15. The summed E-state index contributed by atoms with van der Waals surface area (Å²) in [7, 11) is 0. The van der Waals surface area contributed by atoms with Gasteiger partial charge in [-0.1, -0.05) is 30.3 Å². The van der Waals surface area contributed by atoms with E-state index in [2.05, 4.69) is 6.07 Å². The van der Waals surface area contributed by atoms with Gasteiger partial charge in [-0.2, -0.15) is 0 Å². The summed E-state index contributed by atoms with van der Waals surface area (Å²) in [5.74, 6) is -0.240. The maximum Gasteiger partial charge on any atom is 0.123 e. The molecular weight excluding hydrogens is 439 g/mol. The first-order chi connectivity index (χ1) is 14.9. The second-order valence-corrected chi connectivity index (χ2v) is 9.33. The number of rotatable bonds is 5. The van der Waals surface area contributed by atoms with Crippen LogP contribution in [0.1, 0.15) is 27.7 Å². The van der Waals surface area contributed by atoms with Gasteiger partial charge in [-0.15, -0.1) is 22.9 Å². The summed E-state index contributed by atoms with van der Waals surface area (Å²) < 4.78 is 19.0. The fourth-order valence-electron chi connectivity index (χ4n) is 3.84. The van der Waals surface area contributed by atoms with Gasteiger partial charge in [-0.05, 0) is 53.4 Å². The van der Waals surface area contributed by atoms with E-state index in [1.165, 1.54) is 12.1 Å². The number of aliphatic hydroxyl groups is 3. The molecule has 5 atom stereocenters. The number of benzene rings is 2. The number of ether oxygens (including phenoxy) is 1. The molecule has 1 aliphatic heterocycles. The molecule has 2 heterocycles. The Bertz CT molecular complexity index is 1040. The standard InChI is InChI=1S/C24H24ClFO4S/c1-13-2-3-15(24-23(29)22(28)21(27)19(12-25)30-24)10-16(13)11-18-8-9-20(31-18)14-4-6-17(26)7-5-14/h2-10,19,21-24,27-29H,11-12H2,1H3/t19-,21-,22+,23-,24+/m1/s1. The number of hydrogen-bond donors (Lipinski definition) is 3. The van der Waals surface area contributed by atoms with Crippen molar-refractivity contribution in [3.8, 4) is 10.4 Å². The van der Waals surface area contributed by atoms with Crippen molar-refractivity contribution in [2.75, 3.05) is 5.88 Å². The fourth-order valence-corrected chi connectivity index (χ4v) is 5.13. The largest absolute Gasteiger partial charge is 0.388 e. The quantitative estimate of drug-likeness (QED) is 0.497. The van der Waals surface area contributed by atoms with E-state index in [-0.39, 0.29) is 11.7 Å². The van der Waals surface area contributed by atoms with Crippen molar-refractivity contribution in [2.24, 2.45) is 0 Å². The average Bonchev–Trinajstić information content (AvgIpc) is 3.23. The van der Waals surface area contributed by atoms with Gasteiger partial charge in [-0.25, -0.2) is 4.39 Å². The van der Waals surface area contributed by atoms with Gasteiger partial charge < -0.3 is 20.1 Å². The molecule has 4 rings (SSSR count). The van der Waals surface area contributed by atoms with Crippen molar-refractivity contribution < 1.29 is 24.4 Å². The number of aryl methyl sites for hydroxylation is 1. The molecule has 0 bridgehead atoms. The Morgan fingerprint density at radius 2 is 1.71 bits per heavy atom. The minimum atomic E-state index is -1.33. The maximum atomic E-state index is 13.2. The molecule has 3 aromatic rings. The summed E-state index contributed by atoms with van der Waals surface area (Å²) in [5, 5.41) is 30.7. The molecule has 4 nitrogen and oxygen atoms in total. The van der Waals surface area contributed by atoms with Crippen molar-refractivity contribution in [1.82, 2.24) is 0 Å². The van der Waals surface area contributed by atoms with Crippen LogP contribution in [-0.2, 0) is 11.2 Å². The van der Waals surface area contributed by atoms with Crippen LogP contribution in [0.3, 0.4) is 0 Å². The third-order valence-corrected chi connectivity index (χ3v) is 7.16. The molecule has 0 aliphatic carbocycles. The molecule has 1 aromatic heterocycles. The van der Waals surface area contributed by atoms with Gasteiger partial charge in [0.25, 0.3) is 0 Å². The lowest BCUT2D eigenvalue weighted by atomic mass is 9.89. The molecule has 7 heteroatoms. The van der Waals surface area contributed by atoms with Crippen molar-refractivity contribution >= 4 is 22.9 Å². The van der Waals surface area contributed by atoms with Crippen LogP contribution in [0.4, 0.5) is 4.39 Å². The first-order valence-electron chi connectivity index (χ1n) is 10.1. The summed E-state index contributed by atoms with van der Waals surface area (Å²) >= 11 is 7.52. The van der Waals surface area contributed by atoms with Crippen LogP contribution in [0.25, 0.3) is 10.4 Å². The third kappa shape index (κ3) is 4.70. The Morgan fingerprint density at radius 1 is 0.968 bits per heavy atom. The average molecular weight is 463 g/mol. The van der Waals surface area contributed by atoms with E-state index in [0.717, 1.165) is 32.0 Å². The van der Waals surface area contributed by atoms with E-state index in [0.29, 0.717) is 6.42 Å². The molecule has 164 valence electrons. The normalized spacial score (nSPS) is 26.2. The zero-order chi connectivity index (χ0) is 22.1. The molecule has 2 aromatic carbocycles. The summed E-state index contributed by atoms with van der Waals surface area (Å²) in [4.78, 5) is 2.22. The highest BCUT2D eigenvalue weighted by Gasteiger charge is 2.43. The van der Waals surface area contributed by atoms with Crippen LogP contribution >= 0.6 is 22.9 Å². The van der Waals surface area contributed by atoms with Crippen LogP contribution in [0, 0.1) is 12.7 Å². The lowest BCUT2D eigenvalue weighted by Crippen LogP contribution is -2.54. The van der Waals surface area contributed by atoms with Gasteiger partial charge in [0.1, 0.15) is 36.3 Å². The Labute approximate surface area is 189 Å². The van der Waals surface area contributed by atoms with Crippen molar-refractivity contribution in [2.45, 2.75) is 43.9 Å². The highest BCUT2D eigenvalue weighted by Crippen LogP contribution is 2.35. The maximum absolute atomic E-state index is 13.2. The lowest BCUT2D eigenvalue weighted by Gasteiger charge is -2.40. The SMILES string of the molecule is Cc1ccc([C@@H]2O[C@H](CCl)[C@@H](O)[C@H](O)[C@H]2O)cc1Cc1ccc(-c2ccc(F)cc2)s1. The third-order valence-electron chi connectivity index (χ3n) is 5.72. The van der Waals surface area contributed by atoms with Crippen LogP contribution in [-0.4, -0.2) is 45.6 Å². The van der Waals surface area contributed by atoms with E-state index < -0.39 is 30.5 Å². The Balaban J connectivity index is 1.57. The summed E-state index contributed by atoms with van der Waals surface area (Å²) in [5.41, 5.74) is 3.87. The van der Waals surface area contributed by atoms with E-state index in [4.69, 9.17) is 16.3 Å². The number of aliphatic hydroxyl groups excluding tert-OH is 3. The van der Waals surface area contributed by atoms with E-state index in [9.17, 15) is 19.7 Å². The van der Waals surface area contributed by atoms with E-state index >= 15 is 0 Å². The molecule has 0 amide bonds. The highest BCUT2D eigenvalue weighted by atomic mass is 35.5. The summed E-state index contributed by atoms with van der Waals surface area (Å²) in [6.45, 7) is 2.02. The van der Waals surface area contributed by atoms with Crippen molar-refractivity contribution in [3.63, 3.8) is 0 Å². The van der Waals surface area contributed by atoms with Gasteiger partial charge in [0.15, 0.2) is 0 Å². The van der Waals surface area contributed by atoms with E-state index in [1.54, 1.807) is 23.5 Å². The smallest absolute Gasteiger partial charge is 0.123 e. The van der Waals surface area contributed by atoms with Crippen molar-refractivity contribution in [1.29, 1.82) is 0 Å². The van der Waals surface area contributed by atoms with Gasteiger partial charge in [-0.3, -0.25) is 0 Å². The van der Waals surface area contributed by atoms with E-state index in [1.807, 2.05) is 31.2 Å². The molecule has 0 saturated carbocycles. The predicted molar refractivity (Wildman–Crippen MR) is 120 cm³/mol. The zero-order valence-corrected chi connectivity index (χ0v) is 18.5. The summed E-state index contributed by atoms with van der Waals surface area (Å²) in [6, 6.07) is 16.3. The monoisotopic (exact) mass is 462 g/mol. The topological polar surface area (TPSA) is 69.9 Å². The Morgan fingerprint density at radius 3 is 2.42 bits per heavy atom. The molecule has 1 aliphatic rings. The first kappa shape index (κ1) is 22.4.